The van der Waals surface area contributed by atoms with E-state index in [1.54, 1.807) is 0 Å². The second-order valence-corrected chi connectivity index (χ2v) is 2.18. The van der Waals surface area contributed by atoms with Crippen LogP contribution in [-0.2, 0) is 4.74 Å². The lowest BCUT2D eigenvalue weighted by Crippen LogP contribution is -2.00. The fraction of sp³-hybridized carbons (Fsp3) is 0.500. The first-order valence-electron chi connectivity index (χ1n) is 2.84. The molecule has 0 aromatic heterocycles. The average Bonchev–Trinajstić information content (AvgIpc) is 1.87. The molecule has 0 aromatic carbocycles. The highest BCUT2D eigenvalue weighted by molar-refractivity contribution is 9.09. The van der Waals surface area contributed by atoms with E-state index in [0.717, 1.165) is 5.33 Å². The summed E-state index contributed by atoms with van der Waals surface area (Å²) in [5.74, 6) is 0. The number of rotatable bonds is 4. The molecule has 0 spiro atoms. The molecule has 0 aliphatic heterocycles. The largest absolute Gasteiger partial charge is 0.505 e. The Morgan fingerprint density at radius 1 is 1.60 bits per heavy atom. The van der Waals surface area contributed by atoms with E-state index in [-0.39, 0.29) is 6.61 Å². The van der Waals surface area contributed by atoms with Gasteiger partial charge in [0, 0.05) is 5.33 Å². The minimum absolute atomic E-state index is 0.235. The van der Waals surface area contributed by atoms with Crippen LogP contribution >= 0.6 is 15.9 Å². The molecular formula is C6H9BrO3. The van der Waals surface area contributed by atoms with Crippen molar-refractivity contribution in [3.05, 3.63) is 12.2 Å². The molecule has 0 heterocycles. The lowest BCUT2D eigenvalue weighted by molar-refractivity contribution is 0.0933. The van der Waals surface area contributed by atoms with Gasteiger partial charge in [0.1, 0.15) is 0 Å². The van der Waals surface area contributed by atoms with E-state index in [0.29, 0.717) is 6.42 Å². The molecule has 0 fully saturated rings. The fourth-order valence-corrected chi connectivity index (χ4v) is 0.659. The van der Waals surface area contributed by atoms with Crippen LogP contribution in [-0.4, -0.2) is 23.2 Å². The molecule has 0 aromatic rings. The summed E-state index contributed by atoms with van der Waals surface area (Å²) in [6, 6.07) is 0. The van der Waals surface area contributed by atoms with Crippen molar-refractivity contribution in [3.8, 4) is 0 Å². The number of hydrogen-bond donors (Lipinski definition) is 1. The molecule has 0 saturated carbocycles. The molecule has 3 nitrogen and oxygen atoms in total. The van der Waals surface area contributed by atoms with Crippen molar-refractivity contribution in [3.63, 3.8) is 0 Å². The molecule has 0 saturated heterocycles. The Labute approximate surface area is 67.8 Å². The van der Waals surface area contributed by atoms with Crippen LogP contribution in [0.1, 0.15) is 6.42 Å². The van der Waals surface area contributed by atoms with E-state index in [4.69, 9.17) is 5.11 Å². The standard InChI is InChI=1S/C6H9BrO3/c7-4-2-1-3-5-10-6(8)9/h1-2H,3-5H2,(H,8,9)/b2-1-. The first-order valence-corrected chi connectivity index (χ1v) is 3.96. The van der Waals surface area contributed by atoms with Crippen molar-refractivity contribution in [1.29, 1.82) is 0 Å². The normalized spacial score (nSPS) is 10.1. The number of carboxylic acid groups (broad SMARTS) is 1. The predicted molar refractivity (Wildman–Crippen MR) is 41.5 cm³/mol. The number of alkyl halides is 1. The molecule has 0 aliphatic rings. The summed E-state index contributed by atoms with van der Waals surface area (Å²) in [5.41, 5.74) is 0. The first kappa shape index (κ1) is 9.49. The smallest absolute Gasteiger partial charge is 0.450 e. The Morgan fingerprint density at radius 3 is 2.80 bits per heavy atom. The van der Waals surface area contributed by atoms with Crippen molar-refractivity contribution in [1.82, 2.24) is 0 Å². The van der Waals surface area contributed by atoms with Gasteiger partial charge in [0.05, 0.1) is 6.61 Å². The summed E-state index contributed by atoms with van der Waals surface area (Å²) in [6.07, 6.45) is 3.17. The number of carbonyl (C=O) groups is 1. The van der Waals surface area contributed by atoms with Gasteiger partial charge >= 0.3 is 6.16 Å². The monoisotopic (exact) mass is 208 g/mol. The molecule has 0 amide bonds. The van der Waals surface area contributed by atoms with E-state index < -0.39 is 6.16 Å². The van der Waals surface area contributed by atoms with E-state index in [1.807, 2.05) is 12.2 Å². The molecule has 0 radical (unpaired) electrons. The third kappa shape index (κ3) is 7.49. The van der Waals surface area contributed by atoms with Gasteiger partial charge in [-0.05, 0) is 6.42 Å². The van der Waals surface area contributed by atoms with Gasteiger partial charge in [-0.25, -0.2) is 4.79 Å². The molecule has 0 bridgehead atoms. The Balaban J connectivity index is 3.05. The molecule has 0 unspecified atom stereocenters. The Morgan fingerprint density at radius 2 is 2.30 bits per heavy atom. The number of ether oxygens (including phenoxy) is 1. The van der Waals surface area contributed by atoms with Gasteiger partial charge in [-0.2, -0.15) is 0 Å². The highest BCUT2D eigenvalue weighted by atomic mass is 79.9. The highest BCUT2D eigenvalue weighted by Gasteiger charge is 1.91. The molecule has 0 aliphatic carbocycles. The van der Waals surface area contributed by atoms with E-state index in [1.165, 1.54) is 0 Å². The van der Waals surface area contributed by atoms with E-state index >= 15 is 0 Å². The lowest BCUT2D eigenvalue weighted by atomic mass is 10.4. The summed E-state index contributed by atoms with van der Waals surface area (Å²) in [4.78, 5) is 9.78. The summed E-state index contributed by atoms with van der Waals surface area (Å²) < 4.78 is 4.24. The zero-order valence-corrected chi connectivity index (χ0v) is 7.00. The Kier molecular flexibility index (Phi) is 6.27. The van der Waals surface area contributed by atoms with Crippen LogP contribution in [0.5, 0.6) is 0 Å². The van der Waals surface area contributed by atoms with Crippen LogP contribution in [0.15, 0.2) is 12.2 Å². The Hall–Kier alpha value is -0.510. The second kappa shape index (κ2) is 6.61. The van der Waals surface area contributed by atoms with Gasteiger partial charge < -0.3 is 9.84 Å². The lowest BCUT2D eigenvalue weighted by Gasteiger charge is -1.93. The van der Waals surface area contributed by atoms with Crippen LogP contribution in [0.25, 0.3) is 0 Å². The second-order valence-electron chi connectivity index (χ2n) is 1.53. The van der Waals surface area contributed by atoms with Gasteiger partial charge in [-0.3, -0.25) is 0 Å². The minimum Gasteiger partial charge on any atom is -0.450 e. The maximum absolute atomic E-state index is 9.78. The summed E-state index contributed by atoms with van der Waals surface area (Å²) in [5, 5.41) is 8.81. The third-order valence-corrected chi connectivity index (χ3v) is 1.14. The maximum Gasteiger partial charge on any atom is 0.505 e. The van der Waals surface area contributed by atoms with Gasteiger partial charge in [0.15, 0.2) is 0 Å². The highest BCUT2D eigenvalue weighted by Crippen LogP contribution is 1.88. The quantitative estimate of drug-likeness (QED) is 0.333. The van der Waals surface area contributed by atoms with E-state index in [9.17, 15) is 4.79 Å². The summed E-state index contributed by atoms with van der Waals surface area (Å²) in [6.45, 7) is 0.235. The van der Waals surface area contributed by atoms with Crippen LogP contribution in [0.2, 0.25) is 0 Å². The molecular weight excluding hydrogens is 200 g/mol. The Bertz CT molecular complexity index is 122. The van der Waals surface area contributed by atoms with Crippen LogP contribution in [0, 0.1) is 0 Å². The van der Waals surface area contributed by atoms with Gasteiger partial charge in [0.2, 0.25) is 0 Å². The maximum atomic E-state index is 9.78. The van der Waals surface area contributed by atoms with Crippen molar-refractivity contribution < 1.29 is 14.6 Å². The minimum atomic E-state index is -1.22. The van der Waals surface area contributed by atoms with Gasteiger partial charge in [-0.15, -0.1) is 0 Å². The summed E-state index contributed by atoms with van der Waals surface area (Å²) in [7, 11) is 0. The SMILES string of the molecule is O=C(O)OCC/C=C\CBr. The van der Waals surface area contributed by atoms with Gasteiger partial charge in [-0.1, -0.05) is 28.1 Å². The van der Waals surface area contributed by atoms with Crippen LogP contribution < -0.4 is 0 Å². The zero-order valence-electron chi connectivity index (χ0n) is 5.42. The van der Waals surface area contributed by atoms with Crippen molar-refractivity contribution in [2.45, 2.75) is 6.42 Å². The average molecular weight is 209 g/mol. The summed E-state index contributed by atoms with van der Waals surface area (Å²) >= 11 is 3.19. The first-order chi connectivity index (χ1) is 4.77. The van der Waals surface area contributed by atoms with E-state index in [2.05, 4.69) is 20.7 Å². The van der Waals surface area contributed by atoms with Crippen molar-refractivity contribution in [2.24, 2.45) is 0 Å². The predicted octanol–water partition coefficient (Wildman–Crippen LogP) is 2.02. The molecule has 58 valence electrons. The topological polar surface area (TPSA) is 46.5 Å². The van der Waals surface area contributed by atoms with Crippen molar-refractivity contribution in [2.75, 3.05) is 11.9 Å². The molecule has 1 N–H and O–H groups in total. The third-order valence-electron chi connectivity index (χ3n) is 0.766. The van der Waals surface area contributed by atoms with Crippen molar-refractivity contribution >= 4 is 22.1 Å². The molecule has 0 rings (SSSR count). The molecule has 0 atom stereocenters. The van der Waals surface area contributed by atoms with Crippen LogP contribution in [0.4, 0.5) is 4.79 Å². The zero-order chi connectivity index (χ0) is 7.82. The van der Waals surface area contributed by atoms with Crippen LogP contribution in [0.3, 0.4) is 0 Å². The number of halogens is 1. The fourth-order valence-electron chi connectivity index (χ4n) is 0.395. The number of hydrogen-bond acceptors (Lipinski definition) is 2. The molecule has 4 heteroatoms. The van der Waals surface area contributed by atoms with Gasteiger partial charge in [0.25, 0.3) is 0 Å². The molecule has 10 heavy (non-hydrogen) atoms. The number of allylic oxidation sites excluding steroid dienone is 1.